The number of fused-ring (bicyclic) bond motifs is 1. The van der Waals surface area contributed by atoms with E-state index in [1.165, 1.54) is 25.7 Å². The van der Waals surface area contributed by atoms with E-state index in [-0.39, 0.29) is 5.91 Å². The molecule has 1 heterocycles. The third kappa shape index (κ3) is 2.98. The van der Waals surface area contributed by atoms with Crippen LogP contribution in [0.1, 0.15) is 59.2 Å². The minimum atomic E-state index is -0.487. The Morgan fingerprint density at radius 2 is 1.57 bits per heavy atom. The van der Waals surface area contributed by atoms with Crippen LogP contribution in [0.25, 0.3) is 0 Å². The molecule has 3 nitrogen and oxygen atoms in total. The molecule has 1 aliphatic heterocycles. The maximum Gasteiger partial charge on any atom is 0.254 e. The average Bonchev–Trinajstić information content (AvgIpc) is 2.53. The zero-order valence-electron chi connectivity index (χ0n) is 12.1. The van der Waals surface area contributed by atoms with E-state index in [0.717, 1.165) is 19.4 Å². The summed E-state index contributed by atoms with van der Waals surface area (Å²) in [5.41, 5.74) is 1.09. The number of carbonyl (C=O) groups excluding carboxylic acids is 2. The molecular weight excluding hydrogens is 286 g/mol. The van der Waals surface area contributed by atoms with E-state index in [1.807, 2.05) is 0 Å². The summed E-state index contributed by atoms with van der Waals surface area (Å²) in [7, 11) is 0. The van der Waals surface area contributed by atoms with Crippen molar-refractivity contribution >= 4 is 22.8 Å². The van der Waals surface area contributed by atoms with Gasteiger partial charge in [0.05, 0.1) is 0 Å². The van der Waals surface area contributed by atoms with E-state index >= 15 is 0 Å². The van der Waals surface area contributed by atoms with Crippen molar-refractivity contribution in [2.75, 3.05) is 6.54 Å². The van der Waals surface area contributed by atoms with Crippen LogP contribution >= 0.6 is 11.6 Å². The number of nitrogens with zero attached hydrogens (tertiary/aromatic N) is 1. The highest BCUT2D eigenvalue weighted by atomic mass is 35.5. The molecular formula is C17H20ClNO2. The molecule has 0 aromatic heterocycles. The minimum Gasteiger partial charge on any atom is -0.335 e. The molecule has 1 aliphatic carbocycles. The molecule has 1 saturated heterocycles. The maximum atomic E-state index is 12.7. The van der Waals surface area contributed by atoms with Gasteiger partial charge in [-0.2, -0.15) is 0 Å². The lowest BCUT2D eigenvalue weighted by molar-refractivity contribution is 0.0390. The molecule has 4 heteroatoms. The van der Waals surface area contributed by atoms with Gasteiger partial charge in [-0.15, -0.1) is 0 Å². The van der Waals surface area contributed by atoms with Crippen molar-refractivity contribution in [3.8, 4) is 0 Å². The normalized spacial score (nSPS) is 25.3. The second kappa shape index (κ2) is 6.18. The molecule has 1 saturated carbocycles. The molecule has 3 rings (SSSR count). The highest BCUT2D eigenvalue weighted by Crippen LogP contribution is 2.35. The summed E-state index contributed by atoms with van der Waals surface area (Å²) in [6.45, 7) is 0.857. The molecule has 21 heavy (non-hydrogen) atoms. The first-order chi connectivity index (χ1) is 10.2. The zero-order chi connectivity index (χ0) is 14.8. The smallest absolute Gasteiger partial charge is 0.254 e. The van der Waals surface area contributed by atoms with E-state index in [9.17, 15) is 9.59 Å². The number of piperidine rings is 1. The number of halogens is 1. The van der Waals surface area contributed by atoms with Crippen LogP contribution in [0.15, 0.2) is 24.3 Å². The Labute approximate surface area is 130 Å². The molecule has 0 N–H and O–H groups in total. The second-order valence-electron chi connectivity index (χ2n) is 6.10. The zero-order valence-corrected chi connectivity index (χ0v) is 12.8. The second-order valence-corrected chi connectivity index (χ2v) is 6.45. The first kappa shape index (κ1) is 14.6. The number of amides is 1. The quantitative estimate of drug-likeness (QED) is 0.778. The fraction of sp³-hybridized carbons (Fsp3) is 0.529. The van der Waals surface area contributed by atoms with Crippen LogP contribution in [-0.2, 0) is 0 Å². The van der Waals surface area contributed by atoms with E-state index in [2.05, 4.69) is 4.90 Å². The van der Waals surface area contributed by atoms with Gasteiger partial charge < -0.3 is 4.90 Å². The molecule has 1 aromatic carbocycles. The summed E-state index contributed by atoms with van der Waals surface area (Å²) in [6, 6.07) is 7.10. The van der Waals surface area contributed by atoms with Crippen LogP contribution in [0.5, 0.6) is 0 Å². The number of rotatable bonds is 2. The number of likely N-dealkylation sites (tertiary alicyclic amines) is 1. The SMILES string of the molecule is O=C(Cl)c1ccc(C(=O)N2CCC[C@@H]3CCCC[C@H]32)cc1. The third-order valence-corrected chi connectivity index (χ3v) is 5.08. The number of carbonyl (C=O) groups is 2. The van der Waals surface area contributed by atoms with Crippen LogP contribution in [-0.4, -0.2) is 28.6 Å². The Hall–Kier alpha value is -1.35. The molecule has 0 spiro atoms. The lowest BCUT2D eigenvalue weighted by Gasteiger charge is -2.44. The Morgan fingerprint density at radius 1 is 0.952 bits per heavy atom. The largest absolute Gasteiger partial charge is 0.335 e. The predicted octanol–water partition coefficient (Wildman–Crippen LogP) is 3.86. The minimum absolute atomic E-state index is 0.0974. The third-order valence-electron chi connectivity index (χ3n) is 4.86. The van der Waals surface area contributed by atoms with Crippen molar-refractivity contribution in [3.63, 3.8) is 0 Å². The molecule has 1 aromatic rings. The number of hydrogen-bond acceptors (Lipinski definition) is 2. The van der Waals surface area contributed by atoms with E-state index in [4.69, 9.17) is 11.6 Å². The lowest BCUT2D eigenvalue weighted by atomic mass is 9.78. The average molecular weight is 306 g/mol. The summed E-state index contributed by atoms with van der Waals surface area (Å²) in [6.07, 6.45) is 7.28. The van der Waals surface area contributed by atoms with Crippen molar-refractivity contribution in [1.82, 2.24) is 4.90 Å². The summed E-state index contributed by atoms with van der Waals surface area (Å²) in [5.74, 6) is 0.778. The van der Waals surface area contributed by atoms with Gasteiger partial charge in [-0.3, -0.25) is 9.59 Å². The molecule has 2 fully saturated rings. The molecule has 0 bridgehead atoms. The number of hydrogen-bond donors (Lipinski definition) is 0. The Kier molecular flexibility index (Phi) is 4.29. The fourth-order valence-corrected chi connectivity index (χ4v) is 3.91. The van der Waals surface area contributed by atoms with Crippen molar-refractivity contribution in [2.45, 2.75) is 44.6 Å². The van der Waals surface area contributed by atoms with Gasteiger partial charge in [0, 0.05) is 23.7 Å². The van der Waals surface area contributed by atoms with E-state index < -0.39 is 5.24 Å². The van der Waals surface area contributed by atoms with Gasteiger partial charge in [-0.05, 0) is 67.5 Å². The molecule has 0 unspecified atom stereocenters. The van der Waals surface area contributed by atoms with Gasteiger partial charge in [0.25, 0.3) is 11.1 Å². The summed E-state index contributed by atoms with van der Waals surface area (Å²) >= 11 is 5.44. The summed E-state index contributed by atoms with van der Waals surface area (Å²) in [5, 5.41) is -0.487. The summed E-state index contributed by atoms with van der Waals surface area (Å²) < 4.78 is 0. The molecule has 2 aliphatic rings. The van der Waals surface area contributed by atoms with Gasteiger partial charge in [0.1, 0.15) is 0 Å². The first-order valence-corrected chi connectivity index (χ1v) is 8.15. The Morgan fingerprint density at radius 3 is 2.29 bits per heavy atom. The van der Waals surface area contributed by atoms with Gasteiger partial charge in [-0.1, -0.05) is 12.8 Å². The highest BCUT2D eigenvalue weighted by Gasteiger charge is 2.35. The van der Waals surface area contributed by atoms with E-state index in [0.29, 0.717) is 23.1 Å². The van der Waals surface area contributed by atoms with Crippen molar-refractivity contribution < 1.29 is 9.59 Å². The van der Waals surface area contributed by atoms with Crippen LogP contribution in [0.4, 0.5) is 0 Å². The highest BCUT2D eigenvalue weighted by molar-refractivity contribution is 6.67. The maximum absolute atomic E-state index is 12.7. The van der Waals surface area contributed by atoms with Crippen LogP contribution in [0.2, 0.25) is 0 Å². The van der Waals surface area contributed by atoms with Crippen LogP contribution in [0, 0.1) is 5.92 Å². The van der Waals surface area contributed by atoms with Crippen LogP contribution < -0.4 is 0 Å². The fourth-order valence-electron chi connectivity index (χ4n) is 3.79. The molecule has 112 valence electrons. The van der Waals surface area contributed by atoms with E-state index in [1.54, 1.807) is 24.3 Å². The Bertz CT molecular complexity index is 538. The summed E-state index contributed by atoms with van der Waals surface area (Å²) in [4.78, 5) is 25.9. The molecule has 0 radical (unpaired) electrons. The topological polar surface area (TPSA) is 37.4 Å². The van der Waals surface area contributed by atoms with Crippen molar-refractivity contribution in [1.29, 1.82) is 0 Å². The number of benzene rings is 1. The van der Waals surface area contributed by atoms with Gasteiger partial charge in [0.15, 0.2) is 0 Å². The molecule has 1 amide bonds. The first-order valence-electron chi connectivity index (χ1n) is 7.77. The standard InChI is InChI=1S/C17H20ClNO2/c18-16(20)13-7-9-14(10-8-13)17(21)19-11-3-5-12-4-1-2-6-15(12)19/h7-10,12,15H,1-6,11H2/t12-,15+/m0/s1. The van der Waals surface area contributed by atoms with Gasteiger partial charge >= 0.3 is 0 Å². The van der Waals surface area contributed by atoms with Crippen molar-refractivity contribution in [2.24, 2.45) is 5.92 Å². The van der Waals surface area contributed by atoms with Crippen molar-refractivity contribution in [3.05, 3.63) is 35.4 Å². The monoisotopic (exact) mass is 305 g/mol. The Balaban J connectivity index is 1.78. The van der Waals surface area contributed by atoms with Gasteiger partial charge in [0.2, 0.25) is 0 Å². The predicted molar refractivity (Wildman–Crippen MR) is 82.6 cm³/mol. The lowest BCUT2D eigenvalue weighted by Crippen LogP contribution is -2.49. The van der Waals surface area contributed by atoms with Gasteiger partial charge in [-0.25, -0.2) is 0 Å². The molecule has 2 atom stereocenters. The van der Waals surface area contributed by atoms with Crippen LogP contribution in [0.3, 0.4) is 0 Å².